The molecule has 0 unspecified atom stereocenters. The number of hydrogen-bond donors (Lipinski definition) is 0. The topological polar surface area (TPSA) is 18.5 Å². The first-order valence-electron chi connectivity index (χ1n) is 4.19. The van der Waals surface area contributed by atoms with Gasteiger partial charge in [0, 0.05) is 29.9 Å². The fourth-order valence-electron chi connectivity index (χ4n) is 0.803. The molecule has 0 aliphatic carbocycles. The molecule has 0 aliphatic rings. The van der Waals surface area contributed by atoms with Crippen molar-refractivity contribution in [2.45, 2.75) is 26.6 Å². The van der Waals surface area contributed by atoms with Crippen LogP contribution >= 0.6 is 0 Å². The first-order chi connectivity index (χ1) is 5.35. The molecular formula is C8H18O2Si. The lowest BCUT2D eigenvalue weighted by atomic mass is 10.4. The van der Waals surface area contributed by atoms with Crippen LogP contribution in [0.2, 0.25) is 0 Å². The molecule has 2 nitrogen and oxygen atoms in total. The van der Waals surface area contributed by atoms with Gasteiger partial charge in [-0.15, -0.1) is 5.70 Å². The minimum absolute atomic E-state index is 0.0322. The van der Waals surface area contributed by atoms with Crippen molar-refractivity contribution in [3.05, 3.63) is 11.8 Å². The van der Waals surface area contributed by atoms with Gasteiger partial charge in [-0.25, -0.2) is 0 Å². The first kappa shape index (κ1) is 10.9. The standard InChI is InChI=1S/C8H18O2Si/c1-3-9-8(10-4-2)6-5-7-11/h5,7-8H,3-4,6H2,1-2,11H3. The van der Waals surface area contributed by atoms with E-state index in [0.717, 1.165) is 29.9 Å². The highest BCUT2D eigenvalue weighted by molar-refractivity contribution is 6.16. The molecule has 0 aliphatic heterocycles. The fraction of sp³-hybridized carbons (Fsp3) is 0.750. The normalized spacial score (nSPS) is 11.9. The minimum Gasteiger partial charge on any atom is -0.353 e. The Morgan fingerprint density at radius 2 is 1.82 bits per heavy atom. The maximum Gasteiger partial charge on any atom is 0.160 e. The monoisotopic (exact) mass is 174 g/mol. The zero-order valence-electron chi connectivity index (χ0n) is 7.67. The summed E-state index contributed by atoms with van der Waals surface area (Å²) >= 11 is 0. The van der Waals surface area contributed by atoms with E-state index in [-0.39, 0.29) is 6.29 Å². The van der Waals surface area contributed by atoms with Crippen LogP contribution in [-0.2, 0) is 9.47 Å². The molecule has 0 spiro atoms. The summed E-state index contributed by atoms with van der Waals surface area (Å²) in [4.78, 5) is 0. The molecule has 0 aromatic carbocycles. The highest BCUT2D eigenvalue weighted by Crippen LogP contribution is 2.01. The molecule has 0 rings (SSSR count). The van der Waals surface area contributed by atoms with E-state index in [0.29, 0.717) is 0 Å². The van der Waals surface area contributed by atoms with Gasteiger partial charge in [-0.3, -0.25) is 0 Å². The van der Waals surface area contributed by atoms with Gasteiger partial charge in [-0.1, -0.05) is 6.08 Å². The second-order valence-electron chi connectivity index (χ2n) is 2.14. The Hall–Kier alpha value is -0.123. The molecule has 0 N–H and O–H groups in total. The summed E-state index contributed by atoms with van der Waals surface area (Å²) in [6.07, 6.45) is 2.96. The van der Waals surface area contributed by atoms with Crippen molar-refractivity contribution in [3.8, 4) is 0 Å². The lowest BCUT2D eigenvalue weighted by molar-refractivity contribution is -0.133. The summed E-state index contributed by atoms with van der Waals surface area (Å²) < 4.78 is 10.7. The van der Waals surface area contributed by atoms with Crippen LogP contribution in [0, 0.1) is 0 Å². The maximum atomic E-state index is 5.33. The van der Waals surface area contributed by atoms with E-state index in [4.69, 9.17) is 9.47 Å². The Balaban J connectivity index is 3.50. The second-order valence-corrected chi connectivity index (χ2v) is 2.81. The van der Waals surface area contributed by atoms with Crippen molar-refractivity contribution < 1.29 is 9.47 Å². The summed E-state index contributed by atoms with van der Waals surface area (Å²) in [5, 5.41) is 0. The Kier molecular flexibility index (Phi) is 7.89. The molecule has 0 amide bonds. The van der Waals surface area contributed by atoms with Gasteiger partial charge >= 0.3 is 0 Å². The molecule has 66 valence electrons. The Morgan fingerprint density at radius 3 is 2.18 bits per heavy atom. The lowest BCUT2D eigenvalue weighted by Crippen LogP contribution is -2.16. The molecule has 0 saturated carbocycles. The molecular weight excluding hydrogens is 156 g/mol. The van der Waals surface area contributed by atoms with E-state index >= 15 is 0 Å². The summed E-state index contributed by atoms with van der Waals surface area (Å²) in [6.45, 7) is 5.41. The van der Waals surface area contributed by atoms with Gasteiger partial charge in [0.25, 0.3) is 0 Å². The quantitative estimate of drug-likeness (QED) is 0.435. The van der Waals surface area contributed by atoms with Gasteiger partial charge in [0.2, 0.25) is 0 Å². The van der Waals surface area contributed by atoms with Crippen molar-refractivity contribution in [1.82, 2.24) is 0 Å². The van der Waals surface area contributed by atoms with Crippen LogP contribution in [0.5, 0.6) is 0 Å². The molecule has 11 heavy (non-hydrogen) atoms. The second kappa shape index (κ2) is 7.98. The third-order valence-corrected chi connectivity index (χ3v) is 1.74. The zero-order valence-corrected chi connectivity index (χ0v) is 9.67. The average molecular weight is 174 g/mol. The summed E-state index contributed by atoms with van der Waals surface area (Å²) in [5.74, 6) is 0. The largest absolute Gasteiger partial charge is 0.353 e. The highest BCUT2D eigenvalue weighted by Gasteiger charge is 2.03. The van der Waals surface area contributed by atoms with Crippen LogP contribution < -0.4 is 0 Å². The van der Waals surface area contributed by atoms with Crippen LogP contribution in [0.3, 0.4) is 0 Å². The summed E-state index contributed by atoms with van der Waals surface area (Å²) in [5.41, 5.74) is 2.14. The van der Waals surface area contributed by atoms with Gasteiger partial charge in [-0.05, 0) is 13.8 Å². The first-order valence-corrected chi connectivity index (χ1v) is 5.34. The predicted molar refractivity (Wildman–Crippen MR) is 50.7 cm³/mol. The Bertz CT molecular complexity index is 98.3. The van der Waals surface area contributed by atoms with Crippen molar-refractivity contribution >= 4 is 10.2 Å². The maximum absolute atomic E-state index is 5.33. The third-order valence-electron chi connectivity index (χ3n) is 1.27. The van der Waals surface area contributed by atoms with E-state index in [1.54, 1.807) is 0 Å². The van der Waals surface area contributed by atoms with Gasteiger partial charge in [0.1, 0.15) is 0 Å². The predicted octanol–water partition coefficient (Wildman–Crippen LogP) is 0.655. The number of hydrogen-bond acceptors (Lipinski definition) is 2. The van der Waals surface area contributed by atoms with Gasteiger partial charge in [0.15, 0.2) is 6.29 Å². The van der Waals surface area contributed by atoms with Crippen LogP contribution in [0.15, 0.2) is 11.8 Å². The van der Waals surface area contributed by atoms with Gasteiger partial charge in [-0.2, -0.15) is 0 Å². The number of ether oxygens (including phenoxy) is 2. The minimum atomic E-state index is -0.0322. The summed E-state index contributed by atoms with van der Waals surface area (Å²) in [7, 11) is 1.11. The molecule has 0 saturated heterocycles. The molecule has 0 fully saturated rings. The smallest absolute Gasteiger partial charge is 0.160 e. The average Bonchev–Trinajstić information content (AvgIpc) is 2.01. The van der Waals surface area contributed by atoms with Crippen molar-refractivity contribution in [1.29, 1.82) is 0 Å². The van der Waals surface area contributed by atoms with E-state index in [2.05, 4.69) is 11.8 Å². The summed E-state index contributed by atoms with van der Waals surface area (Å²) in [6, 6.07) is 0. The third kappa shape index (κ3) is 6.28. The van der Waals surface area contributed by atoms with Gasteiger partial charge < -0.3 is 9.47 Å². The zero-order chi connectivity index (χ0) is 8.53. The van der Waals surface area contributed by atoms with Crippen LogP contribution in [0.25, 0.3) is 0 Å². The highest BCUT2D eigenvalue weighted by atomic mass is 28.1. The van der Waals surface area contributed by atoms with Gasteiger partial charge in [0.05, 0.1) is 0 Å². The fourth-order valence-corrected chi connectivity index (χ4v) is 1.08. The van der Waals surface area contributed by atoms with E-state index in [9.17, 15) is 0 Å². The van der Waals surface area contributed by atoms with E-state index < -0.39 is 0 Å². The van der Waals surface area contributed by atoms with Crippen LogP contribution in [0.1, 0.15) is 20.3 Å². The molecule has 0 atom stereocenters. The van der Waals surface area contributed by atoms with E-state index in [1.165, 1.54) is 0 Å². The molecule has 0 radical (unpaired) electrons. The molecule has 0 aromatic rings. The van der Waals surface area contributed by atoms with Crippen LogP contribution in [-0.4, -0.2) is 29.7 Å². The van der Waals surface area contributed by atoms with E-state index in [1.807, 2.05) is 13.8 Å². The molecule has 0 aromatic heterocycles. The Labute approximate surface area is 72.0 Å². The lowest BCUT2D eigenvalue weighted by Gasteiger charge is -2.14. The Morgan fingerprint density at radius 1 is 1.27 bits per heavy atom. The number of rotatable bonds is 6. The van der Waals surface area contributed by atoms with Crippen molar-refractivity contribution in [2.75, 3.05) is 13.2 Å². The molecule has 3 heteroatoms. The van der Waals surface area contributed by atoms with Crippen molar-refractivity contribution in [2.24, 2.45) is 0 Å². The molecule has 0 heterocycles. The van der Waals surface area contributed by atoms with Crippen molar-refractivity contribution in [3.63, 3.8) is 0 Å². The SMILES string of the molecule is CCOC(CC=C[SiH3])OCC. The molecule has 0 bridgehead atoms. The van der Waals surface area contributed by atoms with Crippen LogP contribution in [0.4, 0.5) is 0 Å².